The van der Waals surface area contributed by atoms with E-state index in [-0.39, 0.29) is 30.3 Å². The third-order valence-electron chi connectivity index (χ3n) is 10.2. The minimum absolute atomic E-state index is 0.121. The molecule has 0 spiro atoms. The van der Waals surface area contributed by atoms with Gasteiger partial charge in [0.2, 0.25) is 5.91 Å². The highest BCUT2D eigenvalue weighted by atomic mass is 16.6. The van der Waals surface area contributed by atoms with Gasteiger partial charge in [0, 0.05) is 32.8 Å². The van der Waals surface area contributed by atoms with Gasteiger partial charge in [-0.3, -0.25) is 9.59 Å². The lowest BCUT2D eigenvalue weighted by Gasteiger charge is -2.27. The summed E-state index contributed by atoms with van der Waals surface area (Å²) < 4.78 is 11.7. The highest BCUT2D eigenvalue weighted by molar-refractivity contribution is 5.86. The Morgan fingerprint density at radius 3 is 1.80 bits per heavy atom. The van der Waals surface area contributed by atoms with Gasteiger partial charge in [-0.2, -0.15) is 0 Å². The first-order valence-electron chi connectivity index (χ1n) is 18.3. The molecule has 4 amide bonds. The molecule has 3 aromatic heterocycles. The van der Waals surface area contributed by atoms with Crippen molar-refractivity contribution in [2.45, 2.75) is 63.3 Å². The van der Waals surface area contributed by atoms with Gasteiger partial charge >= 0.3 is 12.2 Å². The number of methoxy groups -OCH3 is 1. The number of hydrogen-bond acceptors (Lipinski definition) is 9. The summed E-state index contributed by atoms with van der Waals surface area (Å²) in [5, 5.41) is 2.55. The van der Waals surface area contributed by atoms with Crippen LogP contribution in [0.5, 0.6) is 0 Å². The zero-order chi connectivity index (χ0) is 38.6. The number of aromatic nitrogens is 6. The highest BCUT2D eigenvalue weighted by Crippen LogP contribution is 2.35. The quantitative estimate of drug-likeness (QED) is 0.148. The van der Waals surface area contributed by atoms with Crippen molar-refractivity contribution in [3.05, 3.63) is 90.8 Å². The predicted octanol–water partition coefficient (Wildman–Crippen LogP) is 4.65. The summed E-state index contributed by atoms with van der Waals surface area (Å²) >= 11 is 0. The lowest BCUT2D eigenvalue weighted by atomic mass is 10.0. The number of nitrogens with one attached hydrogen (secondary N) is 3. The van der Waals surface area contributed by atoms with Crippen LogP contribution in [0.25, 0.3) is 33.6 Å². The SMILES string of the molecule is COC(=O)N[C@@H](C)C(=O)N1CCC[C@H]1c1ncc(-c2ccc(-c3ccc(-c4cnc([C@@H]5CCCN5C(=O)[C@H](Cc5cn(C)cn5)OC(N)=O)[nH]4)cc3)cc2)[nH]1. The number of benzene rings is 2. The first-order chi connectivity index (χ1) is 26.6. The van der Waals surface area contributed by atoms with Gasteiger partial charge in [-0.05, 0) is 54.9 Å². The number of aromatic amines is 2. The maximum atomic E-state index is 13.7. The van der Waals surface area contributed by atoms with E-state index in [4.69, 9.17) is 10.5 Å². The Morgan fingerprint density at radius 2 is 1.33 bits per heavy atom. The van der Waals surface area contributed by atoms with E-state index in [9.17, 15) is 19.2 Å². The number of alkyl carbamates (subject to hydrolysis) is 1. The number of aryl methyl sites for hydroxylation is 1. The zero-order valence-electron chi connectivity index (χ0n) is 30.9. The third kappa shape index (κ3) is 8.07. The van der Waals surface area contributed by atoms with Gasteiger partial charge in [-0.1, -0.05) is 48.5 Å². The summed E-state index contributed by atoms with van der Waals surface area (Å²) in [6.07, 6.45) is 7.45. The number of H-pyrrole nitrogens is 2. The van der Waals surface area contributed by atoms with Crippen LogP contribution in [0.1, 0.15) is 62.0 Å². The average molecular weight is 749 g/mol. The molecule has 4 atom stereocenters. The molecule has 5 aromatic rings. The molecular formula is C39H44N10O6. The number of imidazole rings is 3. The minimum atomic E-state index is -1.09. The molecule has 286 valence electrons. The average Bonchev–Trinajstić information content (AvgIpc) is 4.04. The zero-order valence-corrected chi connectivity index (χ0v) is 30.9. The van der Waals surface area contributed by atoms with Crippen molar-refractivity contribution in [3.63, 3.8) is 0 Å². The number of nitrogens with zero attached hydrogens (tertiary/aromatic N) is 6. The van der Waals surface area contributed by atoms with Crippen molar-refractivity contribution in [1.82, 2.24) is 44.6 Å². The molecule has 2 aromatic carbocycles. The van der Waals surface area contributed by atoms with Gasteiger partial charge in [-0.15, -0.1) is 0 Å². The predicted molar refractivity (Wildman–Crippen MR) is 201 cm³/mol. The van der Waals surface area contributed by atoms with Crippen LogP contribution in [0.15, 0.2) is 73.4 Å². The number of primary amides is 1. The fourth-order valence-electron chi connectivity index (χ4n) is 7.43. The first kappa shape index (κ1) is 36.9. The summed E-state index contributed by atoms with van der Waals surface area (Å²) in [4.78, 5) is 73.9. The Balaban J connectivity index is 0.994. The van der Waals surface area contributed by atoms with Gasteiger partial charge in [0.1, 0.15) is 17.7 Å². The molecule has 0 aliphatic carbocycles. The largest absolute Gasteiger partial charge is 0.453 e. The molecule has 16 heteroatoms. The summed E-state index contributed by atoms with van der Waals surface area (Å²) in [5.74, 6) is 0.862. The van der Waals surface area contributed by atoms with Gasteiger partial charge in [0.05, 0.1) is 55.0 Å². The number of likely N-dealkylation sites (tertiary alicyclic amines) is 2. The van der Waals surface area contributed by atoms with Crippen molar-refractivity contribution >= 4 is 24.0 Å². The maximum absolute atomic E-state index is 13.7. The number of rotatable bonds is 11. The lowest BCUT2D eigenvalue weighted by molar-refractivity contribution is -0.141. The van der Waals surface area contributed by atoms with E-state index < -0.39 is 24.3 Å². The topological polar surface area (TPSA) is 206 Å². The number of amides is 4. The van der Waals surface area contributed by atoms with Crippen LogP contribution < -0.4 is 11.1 Å². The number of hydrogen-bond donors (Lipinski definition) is 4. The minimum Gasteiger partial charge on any atom is -0.453 e. The van der Waals surface area contributed by atoms with Crippen LogP contribution in [0, 0.1) is 0 Å². The Morgan fingerprint density at radius 1 is 0.818 bits per heavy atom. The lowest BCUT2D eigenvalue weighted by Crippen LogP contribution is -2.46. The normalized spacial score (nSPS) is 17.9. The fourth-order valence-corrected chi connectivity index (χ4v) is 7.43. The molecule has 5 N–H and O–H groups in total. The summed E-state index contributed by atoms with van der Waals surface area (Å²) in [5.41, 5.74) is 11.6. The van der Waals surface area contributed by atoms with Crippen LogP contribution in [-0.4, -0.2) is 95.6 Å². The van der Waals surface area contributed by atoms with Crippen LogP contribution in [0.4, 0.5) is 9.59 Å². The van der Waals surface area contributed by atoms with Crippen LogP contribution in [0.3, 0.4) is 0 Å². The number of carbonyl (C=O) groups excluding carboxylic acids is 4. The molecule has 16 nitrogen and oxygen atoms in total. The number of nitrogens with two attached hydrogens (primary N) is 1. The van der Waals surface area contributed by atoms with Crippen molar-refractivity contribution < 1.29 is 28.7 Å². The van der Waals surface area contributed by atoms with E-state index in [0.29, 0.717) is 36.9 Å². The second-order valence-corrected chi connectivity index (χ2v) is 13.9. The monoisotopic (exact) mass is 748 g/mol. The van der Waals surface area contributed by atoms with Crippen molar-refractivity contribution in [2.24, 2.45) is 12.8 Å². The number of carbonyl (C=O) groups is 4. The summed E-state index contributed by atoms with van der Waals surface area (Å²) in [7, 11) is 3.09. The van der Waals surface area contributed by atoms with Crippen molar-refractivity contribution in [1.29, 1.82) is 0 Å². The molecule has 55 heavy (non-hydrogen) atoms. The molecule has 2 aliphatic heterocycles. The Labute approximate surface area is 317 Å². The third-order valence-corrected chi connectivity index (χ3v) is 10.2. The smallest absolute Gasteiger partial charge is 0.407 e. The van der Waals surface area contributed by atoms with E-state index in [0.717, 1.165) is 52.9 Å². The fraction of sp³-hybridized carbons (Fsp3) is 0.359. The second-order valence-electron chi connectivity index (χ2n) is 13.9. The highest BCUT2D eigenvalue weighted by Gasteiger charge is 2.38. The van der Waals surface area contributed by atoms with Gasteiger partial charge < -0.3 is 44.9 Å². The molecule has 0 bridgehead atoms. The van der Waals surface area contributed by atoms with Crippen molar-refractivity contribution in [2.75, 3.05) is 20.2 Å². The molecule has 0 radical (unpaired) electrons. The summed E-state index contributed by atoms with van der Waals surface area (Å²) in [6.45, 7) is 2.74. The second kappa shape index (κ2) is 15.9. The van der Waals surface area contributed by atoms with Crippen LogP contribution in [0.2, 0.25) is 0 Å². The van der Waals surface area contributed by atoms with E-state index in [1.807, 2.05) is 31.3 Å². The van der Waals surface area contributed by atoms with Gasteiger partial charge in [0.25, 0.3) is 5.91 Å². The summed E-state index contributed by atoms with van der Waals surface area (Å²) in [6, 6.07) is 15.1. The molecule has 0 unspecified atom stereocenters. The molecule has 7 rings (SSSR count). The number of ether oxygens (including phenoxy) is 2. The maximum Gasteiger partial charge on any atom is 0.407 e. The molecule has 2 fully saturated rings. The van der Waals surface area contributed by atoms with E-state index in [1.165, 1.54) is 7.11 Å². The Hall–Kier alpha value is -6.45. The van der Waals surface area contributed by atoms with Crippen molar-refractivity contribution in [3.8, 4) is 33.6 Å². The molecule has 2 saturated heterocycles. The first-order valence-corrected chi connectivity index (χ1v) is 18.3. The molecule has 5 heterocycles. The molecule has 0 saturated carbocycles. The standard InChI is InChI=1S/C39H44N10O6/c1-23(44-39(53)54-3)36(50)48-16-4-6-31(48)34-41-19-29(45-34)26-12-8-24(9-13-26)25-10-14-27(15-11-25)30-20-42-35(46-30)32-7-5-17-49(32)37(51)33(55-38(40)52)18-28-21-47(2)22-43-28/h8-15,19-23,31-33H,4-7,16-18H2,1-3H3,(H2,40,52)(H,41,45)(H,42,46)(H,44,53)/t23-,31-,32-,33-/m0/s1. The van der Waals surface area contributed by atoms with E-state index >= 15 is 0 Å². The van der Waals surface area contributed by atoms with Gasteiger partial charge in [-0.25, -0.2) is 24.5 Å². The van der Waals surface area contributed by atoms with Crippen LogP contribution >= 0.6 is 0 Å². The van der Waals surface area contributed by atoms with E-state index in [1.54, 1.807) is 46.2 Å². The Kier molecular flexibility index (Phi) is 10.7. The van der Waals surface area contributed by atoms with E-state index in [2.05, 4.69) is 59.2 Å². The molecular weight excluding hydrogens is 704 g/mol. The molecule has 2 aliphatic rings. The van der Waals surface area contributed by atoms with Crippen LogP contribution in [-0.2, 0) is 32.5 Å². The van der Waals surface area contributed by atoms with Gasteiger partial charge in [0.15, 0.2) is 6.10 Å². The Bertz CT molecular complexity index is 2160.